The van der Waals surface area contributed by atoms with Gasteiger partial charge in [0.2, 0.25) is 0 Å². The smallest absolute Gasteiger partial charge is 0.324 e. The van der Waals surface area contributed by atoms with Crippen LogP contribution in [0.15, 0.2) is 17.8 Å². The zero-order chi connectivity index (χ0) is 13.7. The van der Waals surface area contributed by atoms with Gasteiger partial charge in [0.25, 0.3) is 0 Å². The minimum absolute atomic E-state index is 0.225. The van der Waals surface area contributed by atoms with Crippen molar-refractivity contribution in [3.05, 3.63) is 32.8 Å². The summed E-state index contributed by atoms with van der Waals surface area (Å²) < 4.78 is 0. The molecule has 0 aliphatic carbocycles. The van der Waals surface area contributed by atoms with Crippen LogP contribution in [0.5, 0.6) is 0 Å². The van der Waals surface area contributed by atoms with Crippen molar-refractivity contribution in [3.8, 4) is 0 Å². The monoisotopic (exact) mass is 280 g/mol. The molecule has 2 rings (SSSR count). The third kappa shape index (κ3) is 3.80. The molecular formula is C14H20N2O2S. The molecule has 1 aromatic rings. The van der Waals surface area contributed by atoms with Crippen molar-refractivity contribution in [2.75, 3.05) is 13.1 Å². The van der Waals surface area contributed by atoms with Gasteiger partial charge in [0.15, 0.2) is 0 Å². The number of hydrogen-bond donors (Lipinski definition) is 0. The Labute approximate surface area is 117 Å². The molecule has 5 heteroatoms. The lowest BCUT2D eigenvalue weighted by atomic mass is 10.1. The van der Waals surface area contributed by atoms with E-state index in [-0.39, 0.29) is 9.92 Å². The fourth-order valence-electron chi connectivity index (χ4n) is 2.37. The molecule has 1 aliphatic heterocycles. The number of unbranched alkanes of at least 4 members (excludes halogenated alkanes) is 1. The molecule has 0 atom stereocenters. The molecule has 1 aliphatic rings. The summed E-state index contributed by atoms with van der Waals surface area (Å²) in [4.78, 5) is 13.8. The van der Waals surface area contributed by atoms with Crippen molar-refractivity contribution in [3.63, 3.8) is 0 Å². The maximum Gasteiger partial charge on any atom is 0.324 e. The standard InChI is InChI=1S/C14H20N2O2S/c1-2-3-6-12(15-9-4-5-10-15)11-13-7-8-14(19-13)16(17)18/h7-8,11H,2-6,9-10H2,1H3/b12-11+. The Morgan fingerprint density at radius 2 is 2.21 bits per heavy atom. The molecule has 0 saturated carbocycles. The first-order chi connectivity index (χ1) is 9.20. The summed E-state index contributed by atoms with van der Waals surface area (Å²) in [5.74, 6) is 0. The summed E-state index contributed by atoms with van der Waals surface area (Å²) in [6.07, 6.45) is 8.08. The highest BCUT2D eigenvalue weighted by molar-refractivity contribution is 7.16. The molecule has 0 unspecified atom stereocenters. The van der Waals surface area contributed by atoms with Crippen molar-refractivity contribution in [2.45, 2.75) is 39.0 Å². The van der Waals surface area contributed by atoms with E-state index in [1.165, 1.54) is 42.7 Å². The van der Waals surface area contributed by atoms with Crippen LogP contribution in [0.1, 0.15) is 43.9 Å². The fraction of sp³-hybridized carbons (Fsp3) is 0.571. The Hall–Kier alpha value is -1.36. The summed E-state index contributed by atoms with van der Waals surface area (Å²) in [6.45, 7) is 4.45. The molecule has 1 fully saturated rings. The van der Waals surface area contributed by atoms with Gasteiger partial charge in [0.1, 0.15) is 0 Å². The minimum atomic E-state index is -0.316. The van der Waals surface area contributed by atoms with Crippen molar-refractivity contribution < 1.29 is 4.92 Å². The lowest BCUT2D eigenvalue weighted by molar-refractivity contribution is -0.380. The van der Waals surface area contributed by atoms with Gasteiger partial charge in [-0.3, -0.25) is 10.1 Å². The molecule has 104 valence electrons. The van der Waals surface area contributed by atoms with E-state index in [2.05, 4.69) is 17.9 Å². The van der Waals surface area contributed by atoms with Gasteiger partial charge >= 0.3 is 5.00 Å². The van der Waals surface area contributed by atoms with Crippen LogP contribution in [-0.2, 0) is 0 Å². The van der Waals surface area contributed by atoms with Gasteiger partial charge in [0.05, 0.1) is 4.92 Å². The number of rotatable bonds is 6. The van der Waals surface area contributed by atoms with Crippen molar-refractivity contribution in [1.82, 2.24) is 4.90 Å². The normalized spacial score (nSPS) is 16.1. The minimum Gasteiger partial charge on any atom is -0.375 e. The average molecular weight is 280 g/mol. The highest BCUT2D eigenvalue weighted by Gasteiger charge is 2.15. The van der Waals surface area contributed by atoms with Gasteiger partial charge in [-0.2, -0.15) is 0 Å². The largest absolute Gasteiger partial charge is 0.375 e. The highest BCUT2D eigenvalue weighted by Crippen LogP contribution is 2.28. The summed E-state index contributed by atoms with van der Waals surface area (Å²) in [6, 6.07) is 3.45. The van der Waals surface area contributed by atoms with Crippen molar-refractivity contribution in [1.29, 1.82) is 0 Å². The quantitative estimate of drug-likeness (QED) is 0.577. The molecule has 0 spiro atoms. The van der Waals surface area contributed by atoms with Crippen LogP contribution in [-0.4, -0.2) is 22.9 Å². The third-order valence-electron chi connectivity index (χ3n) is 3.40. The first-order valence-corrected chi connectivity index (χ1v) is 7.72. The lowest BCUT2D eigenvalue weighted by Gasteiger charge is -2.21. The van der Waals surface area contributed by atoms with E-state index in [9.17, 15) is 10.1 Å². The molecule has 0 radical (unpaired) electrons. The molecule has 0 bridgehead atoms. The third-order valence-corrected chi connectivity index (χ3v) is 4.38. The first kappa shape index (κ1) is 14.1. The molecule has 4 nitrogen and oxygen atoms in total. The van der Waals surface area contributed by atoms with Crippen molar-refractivity contribution >= 4 is 22.4 Å². The molecule has 1 aromatic heterocycles. The molecule has 1 saturated heterocycles. The maximum atomic E-state index is 10.7. The van der Waals surface area contributed by atoms with Crippen LogP contribution in [0, 0.1) is 10.1 Å². The van der Waals surface area contributed by atoms with E-state index in [0.29, 0.717) is 0 Å². The molecule has 0 N–H and O–H groups in total. The number of nitrogens with zero attached hydrogens (tertiary/aromatic N) is 2. The summed E-state index contributed by atoms with van der Waals surface area (Å²) in [5, 5.41) is 10.9. The Morgan fingerprint density at radius 1 is 1.47 bits per heavy atom. The Balaban J connectivity index is 2.14. The lowest BCUT2D eigenvalue weighted by Crippen LogP contribution is -2.18. The topological polar surface area (TPSA) is 46.4 Å². The SMILES string of the molecule is CCCC/C(=C\c1ccc([N+](=O)[O-])s1)N1CCCC1. The van der Waals surface area contributed by atoms with E-state index >= 15 is 0 Å². The maximum absolute atomic E-state index is 10.7. The van der Waals surface area contributed by atoms with Gasteiger partial charge in [-0.1, -0.05) is 24.7 Å². The molecule has 2 heterocycles. The van der Waals surface area contributed by atoms with Gasteiger partial charge in [-0.05, 0) is 37.8 Å². The Morgan fingerprint density at radius 3 is 2.79 bits per heavy atom. The van der Waals surface area contributed by atoms with Crippen LogP contribution >= 0.6 is 11.3 Å². The van der Waals surface area contributed by atoms with Crippen LogP contribution in [0.4, 0.5) is 5.00 Å². The molecule has 0 aromatic carbocycles. The fourth-order valence-corrected chi connectivity index (χ4v) is 3.15. The molecule has 19 heavy (non-hydrogen) atoms. The van der Waals surface area contributed by atoms with E-state index in [4.69, 9.17) is 0 Å². The van der Waals surface area contributed by atoms with E-state index in [0.717, 1.165) is 24.4 Å². The Kier molecular flexibility index (Phi) is 4.96. The van der Waals surface area contributed by atoms with Crippen molar-refractivity contribution in [2.24, 2.45) is 0 Å². The van der Waals surface area contributed by atoms with Gasteiger partial charge in [0, 0.05) is 29.7 Å². The predicted octanol–water partition coefficient (Wildman–Crippen LogP) is 4.28. The highest BCUT2D eigenvalue weighted by atomic mass is 32.1. The zero-order valence-electron chi connectivity index (χ0n) is 11.3. The van der Waals surface area contributed by atoms with E-state index < -0.39 is 0 Å². The summed E-state index contributed by atoms with van der Waals surface area (Å²) in [5.41, 5.74) is 1.34. The number of allylic oxidation sites excluding steroid dienone is 1. The molecular weight excluding hydrogens is 260 g/mol. The van der Waals surface area contributed by atoms with Gasteiger partial charge < -0.3 is 4.90 Å². The first-order valence-electron chi connectivity index (χ1n) is 6.90. The van der Waals surface area contributed by atoms with Gasteiger partial charge in [-0.25, -0.2) is 0 Å². The average Bonchev–Trinajstić information content (AvgIpc) is 3.05. The zero-order valence-corrected chi connectivity index (χ0v) is 12.1. The predicted molar refractivity (Wildman–Crippen MR) is 79.3 cm³/mol. The van der Waals surface area contributed by atoms with Crippen LogP contribution in [0.3, 0.4) is 0 Å². The second kappa shape index (κ2) is 6.70. The van der Waals surface area contributed by atoms with Crippen LogP contribution in [0.25, 0.3) is 6.08 Å². The van der Waals surface area contributed by atoms with E-state index in [1.807, 2.05) is 6.07 Å². The number of thiophene rings is 1. The van der Waals surface area contributed by atoms with Crippen LogP contribution in [0.2, 0.25) is 0 Å². The number of nitro groups is 1. The van der Waals surface area contributed by atoms with E-state index in [1.54, 1.807) is 6.07 Å². The Bertz CT molecular complexity index is 462. The summed E-state index contributed by atoms with van der Waals surface area (Å²) in [7, 11) is 0. The number of hydrogen-bond acceptors (Lipinski definition) is 4. The second-order valence-electron chi connectivity index (χ2n) is 4.87. The van der Waals surface area contributed by atoms with Crippen LogP contribution < -0.4 is 0 Å². The van der Waals surface area contributed by atoms with Gasteiger partial charge in [-0.15, -0.1) is 0 Å². The number of likely N-dealkylation sites (tertiary alicyclic amines) is 1. The summed E-state index contributed by atoms with van der Waals surface area (Å²) >= 11 is 1.26. The molecule has 0 amide bonds. The second-order valence-corrected chi connectivity index (χ2v) is 5.96.